The third-order valence-corrected chi connectivity index (χ3v) is 3.70. The normalized spacial score (nSPS) is 16.0. The van der Waals surface area contributed by atoms with Gasteiger partial charge in [0.1, 0.15) is 0 Å². The summed E-state index contributed by atoms with van der Waals surface area (Å²) in [5.74, 6) is -0.253. The molecular weight excluding hydrogens is 354 g/mol. The highest BCUT2D eigenvalue weighted by atomic mass is 79.9. The first kappa shape index (κ1) is 14.0. The van der Waals surface area contributed by atoms with Gasteiger partial charge in [0.05, 0.1) is 10.6 Å². The third-order valence-electron chi connectivity index (χ3n) is 2.88. The Bertz CT molecular complexity index is 783. The molecule has 3 rings (SSSR count). The number of esters is 1. The summed E-state index contributed by atoms with van der Waals surface area (Å²) in [5.41, 5.74) is 1.72. The number of hydrogen-bond donors (Lipinski definition) is 0. The number of halogens is 2. The summed E-state index contributed by atoms with van der Waals surface area (Å²) in [5, 5.41) is 0.493. The Morgan fingerprint density at radius 1 is 1.14 bits per heavy atom. The molecular formula is C16H9BrClNO2. The molecule has 0 atom stereocenters. The molecule has 0 radical (unpaired) electrons. The quantitative estimate of drug-likeness (QED) is 0.585. The lowest BCUT2D eigenvalue weighted by atomic mass is 10.2. The molecule has 1 aliphatic heterocycles. The summed E-state index contributed by atoms with van der Waals surface area (Å²) in [6, 6.07) is 14.7. The zero-order valence-electron chi connectivity index (χ0n) is 10.7. The molecule has 1 aliphatic rings. The van der Waals surface area contributed by atoms with Crippen molar-refractivity contribution in [3.63, 3.8) is 0 Å². The molecule has 0 unspecified atom stereocenters. The second kappa shape index (κ2) is 5.84. The first-order valence-corrected chi connectivity index (χ1v) is 7.33. The number of hydrogen-bond acceptors (Lipinski definition) is 3. The molecule has 104 valence electrons. The number of rotatable bonds is 2. The monoisotopic (exact) mass is 361 g/mol. The van der Waals surface area contributed by atoms with Gasteiger partial charge in [0.15, 0.2) is 5.70 Å². The zero-order valence-corrected chi connectivity index (χ0v) is 13.1. The van der Waals surface area contributed by atoms with Crippen LogP contribution in [0, 0.1) is 0 Å². The molecule has 0 bridgehead atoms. The maximum atomic E-state index is 11.9. The molecule has 0 fully saturated rings. The van der Waals surface area contributed by atoms with Crippen molar-refractivity contribution in [2.45, 2.75) is 0 Å². The van der Waals surface area contributed by atoms with Crippen LogP contribution < -0.4 is 0 Å². The van der Waals surface area contributed by atoms with Gasteiger partial charge < -0.3 is 4.74 Å². The van der Waals surface area contributed by atoms with Crippen LogP contribution in [0.1, 0.15) is 11.1 Å². The van der Waals surface area contributed by atoms with Gasteiger partial charge in [-0.05, 0) is 35.9 Å². The lowest BCUT2D eigenvalue weighted by molar-refractivity contribution is -0.129. The summed E-state index contributed by atoms with van der Waals surface area (Å²) in [4.78, 5) is 16.1. The van der Waals surface area contributed by atoms with Crippen LogP contribution in [0.15, 0.2) is 63.7 Å². The minimum absolute atomic E-state index is 0.229. The standard InChI is InChI=1S/C16H9BrClNO2/c17-11-5-3-4-10(8-11)9-14-16(20)21-15(19-14)12-6-1-2-7-13(12)18/h1-9H/b14-9+. The van der Waals surface area contributed by atoms with E-state index in [0.29, 0.717) is 10.6 Å². The largest absolute Gasteiger partial charge is 0.402 e. The van der Waals surface area contributed by atoms with Crippen molar-refractivity contribution in [3.8, 4) is 0 Å². The lowest BCUT2D eigenvalue weighted by Gasteiger charge is -2.00. The van der Waals surface area contributed by atoms with Crippen molar-refractivity contribution in [1.29, 1.82) is 0 Å². The Morgan fingerprint density at radius 3 is 2.71 bits per heavy atom. The number of benzene rings is 2. The highest BCUT2D eigenvalue weighted by molar-refractivity contribution is 9.10. The van der Waals surface area contributed by atoms with E-state index in [1.54, 1.807) is 24.3 Å². The molecule has 3 nitrogen and oxygen atoms in total. The number of carbonyl (C=O) groups excluding carboxylic acids is 1. The van der Waals surface area contributed by atoms with E-state index < -0.39 is 5.97 Å². The number of ether oxygens (including phenoxy) is 1. The Labute approximate surface area is 135 Å². The first-order valence-electron chi connectivity index (χ1n) is 6.16. The van der Waals surface area contributed by atoms with Gasteiger partial charge in [0.2, 0.25) is 5.90 Å². The molecule has 0 aromatic heterocycles. The average Bonchev–Trinajstić information content (AvgIpc) is 2.80. The Hall–Kier alpha value is -1.91. The van der Waals surface area contributed by atoms with E-state index in [0.717, 1.165) is 10.0 Å². The van der Waals surface area contributed by atoms with Crippen molar-refractivity contribution in [1.82, 2.24) is 0 Å². The summed E-state index contributed by atoms with van der Waals surface area (Å²) < 4.78 is 6.12. The van der Waals surface area contributed by atoms with Crippen molar-refractivity contribution in [3.05, 3.63) is 74.9 Å². The number of aliphatic imine (C=N–C) groups is 1. The van der Waals surface area contributed by atoms with E-state index in [2.05, 4.69) is 20.9 Å². The summed E-state index contributed by atoms with van der Waals surface area (Å²) >= 11 is 9.47. The van der Waals surface area contributed by atoms with Crippen molar-refractivity contribution in [2.75, 3.05) is 0 Å². The van der Waals surface area contributed by atoms with Crippen molar-refractivity contribution >= 4 is 45.5 Å². The lowest BCUT2D eigenvalue weighted by Crippen LogP contribution is -2.05. The molecule has 0 saturated heterocycles. The van der Waals surface area contributed by atoms with Crippen LogP contribution in [0.5, 0.6) is 0 Å². The van der Waals surface area contributed by atoms with Crippen LogP contribution in [0.25, 0.3) is 6.08 Å². The first-order chi connectivity index (χ1) is 10.1. The highest BCUT2D eigenvalue weighted by Crippen LogP contribution is 2.24. The van der Waals surface area contributed by atoms with E-state index in [1.165, 1.54) is 0 Å². The second-order valence-corrected chi connectivity index (χ2v) is 5.69. The van der Waals surface area contributed by atoms with Crippen molar-refractivity contribution < 1.29 is 9.53 Å². The fraction of sp³-hybridized carbons (Fsp3) is 0. The minimum atomic E-state index is -0.482. The van der Waals surface area contributed by atoms with Gasteiger partial charge in [-0.3, -0.25) is 0 Å². The fourth-order valence-corrected chi connectivity index (χ4v) is 2.55. The van der Waals surface area contributed by atoms with E-state index in [1.807, 2.05) is 30.3 Å². The van der Waals surface area contributed by atoms with Crippen LogP contribution in [0.2, 0.25) is 5.02 Å². The highest BCUT2D eigenvalue weighted by Gasteiger charge is 2.25. The van der Waals surface area contributed by atoms with Crippen LogP contribution in [-0.4, -0.2) is 11.9 Å². The molecule has 0 aliphatic carbocycles. The smallest absolute Gasteiger partial charge is 0.363 e. The minimum Gasteiger partial charge on any atom is -0.402 e. The van der Waals surface area contributed by atoms with E-state index in [4.69, 9.17) is 16.3 Å². The van der Waals surface area contributed by atoms with E-state index in [-0.39, 0.29) is 11.6 Å². The SMILES string of the molecule is O=C1OC(c2ccccc2Cl)=N/C1=C/c1cccc(Br)c1. The average molecular weight is 363 g/mol. The zero-order chi connectivity index (χ0) is 14.8. The number of cyclic esters (lactones) is 1. The van der Waals surface area contributed by atoms with Gasteiger partial charge in [-0.2, -0.15) is 0 Å². The van der Waals surface area contributed by atoms with Crippen LogP contribution in [-0.2, 0) is 9.53 Å². The van der Waals surface area contributed by atoms with E-state index >= 15 is 0 Å². The predicted molar refractivity (Wildman–Crippen MR) is 86.2 cm³/mol. The molecule has 1 heterocycles. The van der Waals surface area contributed by atoms with Crippen LogP contribution in [0.4, 0.5) is 0 Å². The second-order valence-electron chi connectivity index (χ2n) is 4.37. The van der Waals surface area contributed by atoms with Gasteiger partial charge in [0.25, 0.3) is 0 Å². The van der Waals surface area contributed by atoms with Gasteiger partial charge in [-0.15, -0.1) is 0 Å². The molecule has 0 spiro atoms. The maximum Gasteiger partial charge on any atom is 0.363 e. The van der Waals surface area contributed by atoms with Gasteiger partial charge in [0, 0.05) is 4.47 Å². The topological polar surface area (TPSA) is 38.7 Å². The molecule has 2 aromatic rings. The van der Waals surface area contributed by atoms with Crippen LogP contribution in [0.3, 0.4) is 0 Å². The predicted octanol–water partition coefficient (Wildman–Crippen LogP) is 4.45. The molecule has 5 heteroatoms. The summed E-state index contributed by atoms with van der Waals surface area (Å²) in [6.07, 6.45) is 1.68. The number of carbonyl (C=O) groups is 1. The van der Waals surface area contributed by atoms with E-state index in [9.17, 15) is 4.79 Å². The fourth-order valence-electron chi connectivity index (χ4n) is 1.91. The molecule has 2 aromatic carbocycles. The van der Waals surface area contributed by atoms with Crippen LogP contribution >= 0.6 is 27.5 Å². The molecule has 0 N–H and O–H groups in total. The van der Waals surface area contributed by atoms with Gasteiger partial charge in [-0.25, -0.2) is 9.79 Å². The third kappa shape index (κ3) is 3.06. The molecule has 21 heavy (non-hydrogen) atoms. The Kier molecular flexibility index (Phi) is 3.90. The maximum absolute atomic E-state index is 11.9. The van der Waals surface area contributed by atoms with Gasteiger partial charge in [-0.1, -0.05) is 51.8 Å². The van der Waals surface area contributed by atoms with Gasteiger partial charge >= 0.3 is 5.97 Å². The Morgan fingerprint density at radius 2 is 1.95 bits per heavy atom. The Balaban J connectivity index is 1.98. The summed E-state index contributed by atoms with van der Waals surface area (Å²) in [6.45, 7) is 0. The molecule has 0 amide bonds. The number of nitrogens with zero attached hydrogens (tertiary/aromatic N) is 1. The van der Waals surface area contributed by atoms with Crippen molar-refractivity contribution in [2.24, 2.45) is 4.99 Å². The molecule has 0 saturated carbocycles. The summed E-state index contributed by atoms with van der Waals surface area (Å²) in [7, 11) is 0.